The van der Waals surface area contributed by atoms with E-state index in [4.69, 9.17) is 4.74 Å². The number of aromatic nitrogens is 3. The van der Waals surface area contributed by atoms with Crippen LogP contribution in [-0.2, 0) is 9.53 Å². The van der Waals surface area contributed by atoms with Crippen LogP contribution in [0.2, 0.25) is 0 Å². The van der Waals surface area contributed by atoms with E-state index in [2.05, 4.69) is 15.4 Å². The van der Waals surface area contributed by atoms with Crippen molar-refractivity contribution in [1.29, 1.82) is 0 Å². The number of carbonyl (C=O) groups is 1. The molecule has 0 aliphatic heterocycles. The lowest BCUT2D eigenvalue weighted by Crippen LogP contribution is -2.35. The van der Waals surface area contributed by atoms with Gasteiger partial charge in [0, 0.05) is 25.5 Å². The van der Waals surface area contributed by atoms with Crippen molar-refractivity contribution in [3.05, 3.63) is 24.5 Å². The molecular formula is C16H22N4O2. The SMILES string of the molecule is CCOCCC1(C(=O)Nc2ccnc3ccnn23)CCCC1. The Kier molecular flexibility index (Phi) is 4.38. The Hall–Kier alpha value is -1.95. The monoisotopic (exact) mass is 302 g/mol. The first kappa shape index (κ1) is 15.0. The normalized spacial score (nSPS) is 17.0. The molecule has 1 N–H and O–H groups in total. The van der Waals surface area contributed by atoms with Crippen LogP contribution in [-0.4, -0.2) is 33.7 Å². The quantitative estimate of drug-likeness (QED) is 0.833. The molecule has 0 aromatic carbocycles. The number of fused-ring (bicyclic) bond motifs is 1. The highest BCUT2D eigenvalue weighted by Crippen LogP contribution is 2.42. The number of amides is 1. The fraction of sp³-hybridized carbons (Fsp3) is 0.562. The summed E-state index contributed by atoms with van der Waals surface area (Å²) >= 11 is 0. The molecule has 1 saturated carbocycles. The molecule has 0 bridgehead atoms. The predicted molar refractivity (Wildman–Crippen MR) is 83.6 cm³/mol. The maximum atomic E-state index is 12.9. The second-order valence-corrected chi connectivity index (χ2v) is 5.82. The molecule has 0 radical (unpaired) electrons. The van der Waals surface area contributed by atoms with Crippen LogP contribution in [0.3, 0.4) is 0 Å². The van der Waals surface area contributed by atoms with Crippen molar-refractivity contribution < 1.29 is 9.53 Å². The van der Waals surface area contributed by atoms with Gasteiger partial charge < -0.3 is 10.1 Å². The van der Waals surface area contributed by atoms with Gasteiger partial charge in [0.05, 0.1) is 11.6 Å². The van der Waals surface area contributed by atoms with Crippen LogP contribution >= 0.6 is 0 Å². The highest BCUT2D eigenvalue weighted by molar-refractivity contribution is 5.95. The molecule has 1 amide bonds. The van der Waals surface area contributed by atoms with E-state index in [0.717, 1.165) is 37.8 Å². The fourth-order valence-electron chi connectivity index (χ4n) is 3.23. The number of nitrogens with zero attached hydrogens (tertiary/aromatic N) is 3. The molecule has 118 valence electrons. The molecule has 1 aliphatic rings. The van der Waals surface area contributed by atoms with Crippen molar-refractivity contribution in [2.24, 2.45) is 5.41 Å². The van der Waals surface area contributed by atoms with E-state index in [0.29, 0.717) is 19.0 Å². The van der Waals surface area contributed by atoms with Crippen molar-refractivity contribution in [3.63, 3.8) is 0 Å². The summed E-state index contributed by atoms with van der Waals surface area (Å²) in [5.74, 6) is 0.746. The van der Waals surface area contributed by atoms with E-state index in [1.165, 1.54) is 0 Å². The largest absolute Gasteiger partial charge is 0.382 e. The summed E-state index contributed by atoms with van der Waals surface area (Å²) in [4.78, 5) is 17.1. The highest BCUT2D eigenvalue weighted by Gasteiger charge is 2.40. The Balaban J connectivity index is 1.77. The number of rotatable bonds is 6. The third-order valence-corrected chi connectivity index (χ3v) is 4.50. The molecule has 2 aromatic rings. The Bertz CT molecular complexity index is 646. The molecule has 6 heteroatoms. The maximum Gasteiger partial charge on any atom is 0.231 e. The van der Waals surface area contributed by atoms with Gasteiger partial charge in [0.25, 0.3) is 0 Å². The lowest BCUT2D eigenvalue weighted by molar-refractivity contribution is -0.126. The molecule has 6 nitrogen and oxygen atoms in total. The summed E-state index contributed by atoms with van der Waals surface area (Å²) in [5, 5.41) is 7.26. The third-order valence-electron chi connectivity index (χ3n) is 4.50. The molecular weight excluding hydrogens is 280 g/mol. The van der Waals surface area contributed by atoms with Crippen LogP contribution in [0.1, 0.15) is 39.0 Å². The van der Waals surface area contributed by atoms with Gasteiger partial charge in [-0.1, -0.05) is 12.8 Å². The lowest BCUT2D eigenvalue weighted by Gasteiger charge is -2.27. The highest BCUT2D eigenvalue weighted by atomic mass is 16.5. The molecule has 1 fully saturated rings. The van der Waals surface area contributed by atoms with Gasteiger partial charge in [-0.2, -0.15) is 9.61 Å². The van der Waals surface area contributed by atoms with E-state index >= 15 is 0 Å². The van der Waals surface area contributed by atoms with Gasteiger partial charge in [-0.05, 0) is 32.3 Å². The van der Waals surface area contributed by atoms with Crippen molar-refractivity contribution in [2.75, 3.05) is 18.5 Å². The summed E-state index contributed by atoms with van der Waals surface area (Å²) in [6.07, 6.45) is 8.21. The Labute approximate surface area is 129 Å². The number of carbonyl (C=O) groups excluding carboxylic acids is 1. The van der Waals surface area contributed by atoms with Crippen molar-refractivity contribution in [3.8, 4) is 0 Å². The van der Waals surface area contributed by atoms with Gasteiger partial charge in [0.1, 0.15) is 5.82 Å². The average Bonchev–Trinajstić information content (AvgIpc) is 3.17. The summed E-state index contributed by atoms with van der Waals surface area (Å²) in [6.45, 7) is 3.31. The average molecular weight is 302 g/mol. The van der Waals surface area contributed by atoms with E-state index in [-0.39, 0.29) is 11.3 Å². The van der Waals surface area contributed by atoms with Gasteiger partial charge in [-0.25, -0.2) is 4.98 Å². The summed E-state index contributed by atoms with van der Waals surface area (Å²) in [5.41, 5.74) is 0.422. The topological polar surface area (TPSA) is 68.5 Å². The summed E-state index contributed by atoms with van der Waals surface area (Å²) in [7, 11) is 0. The van der Waals surface area contributed by atoms with Crippen LogP contribution in [0.15, 0.2) is 24.5 Å². The van der Waals surface area contributed by atoms with Gasteiger partial charge >= 0.3 is 0 Å². The zero-order valence-electron chi connectivity index (χ0n) is 12.9. The van der Waals surface area contributed by atoms with Gasteiger partial charge in [0.2, 0.25) is 5.91 Å². The minimum atomic E-state index is -0.308. The van der Waals surface area contributed by atoms with Crippen LogP contribution < -0.4 is 5.32 Å². The molecule has 0 unspecified atom stereocenters. The van der Waals surface area contributed by atoms with E-state index < -0.39 is 0 Å². The van der Waals surface area contributed by atoms with Crippen LogP contribution in [0.25, 0.3) is 5.65 Å². The van der Waals surface area contributed by atoms with Crippen LogP contribution in [0, 0.1) is 5.41 Å². The molecule has 0 atom stereocenters. The smallest absolute Gasteiger partial charge is 0.231 e. The summed E-state index contributed by atoms with van der Waals surface area (Å²) < 4.78 is 7.13. The molecule has 1 aliphatic carbocycles. The molecule has 2 aromatic heterocycles. The fourth-order valence-corrected chi connectivity index (χ4v) is 3.23. The Morgan fingerprint density at radius 1 is 1.36 bits per heavy atom. The first-order chi connectivity index (χ1) is 10.7. The Morgan fingerprint density at radius 3 is 2.95 bits per heavy atom. The molecule has 22 heavy (non-hydrogen) atoms. The van der Waals surface area contributed by atoms with Crippen LogP contribution in [0.5, 0.6) is 0 Å². The van der Waals surface area contributed by atoms with Gasteiger partial charge in [0.15, 0.2) is 5.65 Å². The van der Waals surface area contributed by atoms with Gasteiger partial charge in [-0.3, -0.25) is 4.79 Å². The maximum absolute atomic E-state index is 12.9. The minimum Gasteiger partial charge on any atom is -0.382 e. The predicted octanol–water partition coefficient (Wildman–Crippen LogP) is 2.65. The Morgan fingerprint density at radius 2 is 2.18 bits per heavy atom. The lowest BCUT2D eigenvalue weighted by atomic mass is 9.82. The summed E-state index contributed by atoms with van der Waals surface area (Å²) in [6, 6.07) is 3.60. The van der Waals surface area contributed by atoms with E-state index in [1.54, 1.807) is 23.0 Å². The van der Waals surface area contributed by atoms with Crippen molar-refractivity contribution in [2.45, 2.75) is 39.0 Å². The number of hydrogen-bond donors (Lipinski definition) is 1. The van der Waals surface area contributed by atoms with Crippen molar-refractivity contribution >= 4 is 17.4 Å². The number of nitrogens with one attached hydrogen (secondary N) is 1. The van der Waals surface area contributed by atoms with Crippen molar-refractivity contribution in [1.82, 2.24) is 14.6 Å². The standard InChI is InChI=1S/C16H22N4O2/c1-2-22-12-9-16(7-3-4-8-16)15(21)19-14-5-10-17-13-6-11-18-20(13)14/h5-6,10-11H,2-4,7-9,12H2,1H3,(H,19,21). The number of anilines is 1. The number of ether oxygens (including phenoxy) is 1. The second-order valence-electron chi connectivity index (χ2n) is 5.82. The number of hydrogen-bond acceptors (Lipinski definition) is 4. The second kappa shape index (κ2) is 6.44. The van der Waals surface area contributed by atoms with E-state index in [9.17, 15) is 4.79 Å². The first-order valence-corrected chi connectivity index (χ1v) is 7.93. The minimum absolute atomic E-state index is 0.0766. The third kappa shape index (κ3) is 2.83. The van der Waals surface area contributed by atoms with Crippen LogP contribution in [0.4, 0.5) is 5.82 Å². The van der Waals surface area contributed by atoms with Gasteiger partial charge in [-0.15, -0.1) is 0 Å². The molecule has 2 heterocycles. The molecule has 0 saturated heterocycles. The zero-order valence-corrected chi connectivity index (χ0v) is 12.9. The van der Waals surface area contributed by atoms with E-state index in [1.807, 2.05) is 13.0 Å². The molecule has 0 spiro atoms. The zero-order chi connectivity index (χ0) is 15.4. The first-order valence-electron chi connectivity index (χ1n) is 7.93. The molecule has 3 rings (SSSR count).